The van der Waals surface area contributed by atoms with Crippen molar-refractivity contribution in [2.24, 2.45) is 5.92 Å². The summed E-state index contributed by atoms with van der Waals surface area (Å²) in [5.41, 5.74) is 0.889. The van der Waals surface area contributed by atoms with Gasteiger partial charge in [0.1, 0.15) is 0 Å². The summed E-state index contributed by atoms with van der Waals surface area (Å²) >= 11 is 1.09. The van der Waals surface area contributed by atoms with Gasteiger partial charge in [-0.25, -0.2) is 4.98 Å². The van der Waals surface area contributed by atoms with Gasteiger partial charge in [0.05, 0.1) is 5.92 Å². The number of amides is 2. The normalized spacial score (nSPS) is 14.6. The van der Waals surface area contributed by atoms with Gasteiger partial charge in [0, 0.05) is 25.7 Å². The number of aromatic nitrogens is 2. The molecule has 21 heavy (non-hydrogen) atoms. The average Bonchev–Trinajstić information content (AvgIpc) is 2.96. The van der Waals surface area contributed by atoms with Crippen LogP contribution in [0.3, 0.4) is 0 Å². The zero-order valence-corrected chi connectivity index (χ0v) is 12.3. The number of hydrogen-bond acceptors (Lipinski definition) is 5. The molecule has 0 atom stereocenters. The van der Waals surface area contributed by atoms with Gasteiger partial charge >= 0.3 is 0 Å². The summed E-state index contributed by atoms with van der Waals surface area (Å²) in [6.45, 7) is 0.886. The number of hydrogen-bond donors (Lipinski definition) is 1. The lowest BCUT2D eigenvalue weighted by Crippen LogP contribution is -2.55. The van der Waals surface area contributed by atoms with E-state index in [1.807, 2.05) is 30.3 Å². The number of rotatable bonds is 3. The van der Waals surface area contributed by atoms with Gasteiger partial charge in [-0.15, -0.1) is 0 Å². The lowest BCUT2D eigenvalue weighted by molar-refractivity contribution is -0.128. The highest BCUT2D eigenvalue weighted by Crippen LogP contribution is 2.22. The van der Waals surface area contributed by atoms with Crippen LogP contribution in [0.5, 0.6) is 0 Å². The quantitative estimate of drug-likeness (QED) is 0.918. The fourth-order valence-electron chi connectivity index (χ4n) is 2.16. The van der Waals surface area contributed by atoms with E-state index in [2.05, 4.69) is 14.7 Å². The van der Waals surface area contributed by atoms with Crippen LogP contribution in [0.2, 0.25) is 0 Å². The van der Waals surface area contributed by atoms with Crippen molar-refractivity contribution in [1.29, 1.82) is 0 Å². The third kappa shape index (κ3) is 2.64. The molecule has 0 saturated carbocycles. The van der Waals surface area contributed by atoms with Crippen LogP contribution in [0.1, 0.15) is 9.80 Å². The lowest BCUT2D eigenvalue weighted by Gasteiger charge is -2.37. The van der Waals surface area contributed by atoms with E-state index in [0.717, 1.165) is 17.1 Å². The topological polar surface area (TPSA) is 75.2 Å². The molecule has 1 N–H and O–H groups in total. The van der Waals surface area contributed by atoms with Crippen molar-refractivity contribution in [3.05, 3.63) is 35.3 Å². The molecule has 1 saturated heterocycles. The molecule has 0 aliphatic carbocycles. The second-order valence-electron chi connectivity index (χ2n) is 4.81. The van der Waals surface area contributed by atoms with E-state index in [-0.39, 0.29) is 17.7 Å². The Labute approximate surface area is 126 Å². The Hall–Kier alpha value is -2.28. The van der Waals surface area contributed by atoms with E-state index >= 15 is 0 Å². The SMILES string of the molecule is CNC(=O)C1CN(C(=O)c2nc(-c3ccccc3)ns2)C1. The Balaban J connectivity index is 1.68. The fourth-order valence-corrected chi connectivity index (χ4v) is 2.82. The number of nitrogens with zero attached hydrogens (tertiary/aromatic N) is 3. The van der Waals surface area contributed by atoms with E-state index in [4.69, 9.17) is 0 Å². The van der Waals surface area contributed by atoms with Crippen molar-refractivity contribution in [1.82, 2.24) is 19.6 Å². The minimum atomic E-state index is -0.158. The van der Waals surface area contributed by atoms with Crippen molar-refractivity contribution in [2.75, 3.05) is 20.1 Å². The summed E-state index contributed by atoms with van der Waals surface area (Å²) in [4.78, 5) is 29.6. The predicted octanol–water partition coefficient (Wildman–Crippen LogP) is 1.02. The average molecular weight is 302 g/mol. The molecule has 7 heteroatoms. The highest BCUT2D eigenvalue weighted by atomic mass is 32.1. The molecule has 1 aromatic heterocycles. The van der Waals surface area contributed by atoms with Crippen molar-refractivity contribution in [3.63, 3.8) is 0 Å². The zero-order chi connectivity index (χ0) is 14.8. The van der Waals surface area contributed by atoms with E-state index in [9.17, 15) is 9.59 Å². The minimum Gasteiger partial charge on any atom is -0.359 e. The van der Waals surface area contributed by atoms with Crippen LogP contribution in [0.4, 0.5) is 0 Å². The van der Waals surface area contributed by atoms with Crippen molar-refractivity contribution in [3.8, 4) is 11.4 Å². The van der Waals surface area contributed by atoms with Crippen LogP contribution in [-0.2, 0) is 4.79 Å². The Kier molecular flexibility index (Phi) is 3.66. The highest BCUT2D eigenvalue weighted by molar-refractivity contribution is 7.07. The Morgan fingerprint density at radius 3 is 2.67 bits per heavy atom. The first-order valence-electron chi connectivity index (χ1n) is 6.59. The second kappa shape index (κ2) is 5.61. The van der Waals surface area contributed by atoms with E-state index in [0.29, 0.717) is 23.9 Å². The Morgan fingerprint density at radius 2 is 2.00 bits per heavy atom. The molecule has 3 rings (SSSR count). The van der Waals surface area contributed by atoms with Gasteiger partial charge in [0.15, 0.2) is 5.82 Å². The van der Waals surface area contributed by atoms with E-state index in [1.165, 1.54) is 0 Å². The molecule has 1 aliphatic rings. The van der Waals surface area contributed by atoms with Gasteiger partial charge in [-0.3, -0.25) is 9.59 Å². The summed E-state index contributed by atoms with van der Waals surface area (Å²) in [5.74, 6) is 0.268. The summed E-state index contributed by atoms with van der Waals surface area (Å²) in [5, 5.41) is 2.95. The first-order chi connectivity index (χ1) is 10.2. The molecule has 0 unspecified atom stereocenters. The molecule has 6 nitrogen and oxygen atoms in total. The highest BCUT2D eigenvalue weighted by Gasteiger charge is 2.36. The zero-order valence-electron chi connectivity index (χ0n) is 11.4. The molecule has 1 aromatic carbocycles. The number of likely N-dealkylation sites (tertiary alicyclic amines) is 1. The molecule has 1 aliphatic heterocycles. The maximum absolute atomic E-state index is 12.2. The number of carbonyl (C=O) groups excluding carboxylic acids is 2. The lowest BCUT2D eigenvalue weighted by atomic mass is 9.99. The van der Waals surface area contributed by atoms with Crippen LogP contribution in [0.15, 0.2) is 30.3 Å². The third-order valence-electron chi connectivity index (χ3n) is 3.43. The maximum atomic E-state index is 12.2. The Morgan fingerprint density at radius 1 is 1.29 bits per heavy atom. The molecule has 2 amide bonds. The number of nitrogens with one attached hydrogen (secondary N) is 1. The smallest absolute Gasteiger partial charge is 0.284 e. The van der Waals surface area contributed by atoms with E-state index < -0.39 is 0 Å². The van der Waals surface area contributed by atoms with Crippen LogP contribution >= 0.6 is 11.5 Å². The maximum Gasteiger partial charge on any atom is 0.284 e. The molecular formula is C14H14N4O2S. The van der Waals surface area contributed by atoms with Gasteiger partial charge in [-0.2, -0.15) is 4.37 Å². The number of benzene rings is 1. The van der Waals surface area contributed by atoms with Gasteiger partial charge in [-0.1, -0.05) is 30.3 Å². The third-order valence-corrected chi connectivity index (χ3v) is 4.13. The summed E-state index contributed by atoms with van der Waals surface area (Å²) in [7, 11) is 1.60. The molecule has 0 spiro atoms. The molecule has 1 fully saturated rings. The fraction of sp³-hybridized carbons (Fsp3) is 0.286. The van der Waals surface area contributed by atoms with Gasteiger partial charge in [-0.05, 0) is 11.5 Å². The van der Waals surface area contributed by atoms with Crippen LogP contribution in [0, 0.1) is 5.92 Å². The van der Waals surface area contributed by atoms with Crippen molar-refractivity contribution < 1.29 is 9.59 Å². The van der Waals surface area contributed by atoms with Crippen molar-refractivity contribution in [2.45, 2.75) is 0 Å². The van der Waals surface area contributed by atoms with Crippen LogP contribution < -0.4 is 5.32 Å². The molecular weight excluding hydrogens is 288 g/mol. The number of carbonyl (C=O) groups is 2. The Bertz CT molecular complexity index is 665. The summed E-state index contributed by atoms with van der Waals surface area (Å²) in [6.07, 6.45) is 0. The molecule has 108 valence electrons. The van der Waals surface area contributed by atoms with Crippen LogP contribution in [-0.4, -0.2) is 46.2 Å². The molecule has 2 heterocycles. The molecule has 0 radical (unpaired) electrons. The summed E-state index contributed by atoms with van der Waals surface area (Å²) in [6, 6.07) is 9.53. The van der Waals surface area contributed by atoms with Gasteiger partial charge in [0.2, 0.25) is 10.9 Å². The van der Waals surface area contributed by atoms with E-state index in [1.54, 1.807) is 11.9 Å². The monoisotopic (exact) mass is 302 g/mol. The largest absolute Gasteiger partial charge is 0.359 e. The minimum absolute atomic E-state index is 0.0266. The second-order valence-corrected chi connectivity index (χ2v) is 5.56. The molecule has 2 aromatic rings. The standard InChI is InChI=1S/C14H14N4O2S/c1-15-12(19)10-7-18(8-10)14(20)13-16-11(17-21-13)9-5-3-2-4-6-9/h2-6,10H,7-8H2,1H3,(H,15,19). The first kappa shape index (κ1) is 13.7. The predicted molar refractivity (Wildman–Crippen MR) is 78.8 cm³/mol. The first-order valence-corrected chi connectivity index (χ1v) is 7.36. The van der Waals surface area contributed by atoms with Crippen molar-refractivity contribution >= 4 is 23.3 Å². The summed E-state index contributed by atoms with van der Waals surface area (Å²) < 4.78 is 4.22. The van der Waals surface area contributed by atoms with Crippen LogP contribution in [0.25, 0.3) is 11.4 Å². The molecule has 0 bridgehead atoms. The van der Waals surface area contributed by atoms with Gasteiger partial charge in [0.25, 0.3) is 5.91 Å². The van der Waals surface area contributed by atoms with Gasteiger partial charge < -0.3 is 10.2 Å².